The average molecular weight is 468 g/mol. The summed E-state index contributed by atoms with van der Waals surface area (Å²) >= 11 is 3.40. The van der Waals surface area contributed by atoms with E-state index < -0.39 is 18.0 Å². The molecule has 0 saturated heterocycles. The fourth-order valence-electron chi connectivity index (χ4n) is 3.15. The van der Waals surface area contributed by atoms with E-state index in [0.717, 1.165) is 10.2 Å². The van der Waals surface area contributed by atoms with Gasteiger partial charge in [-0.2, -0.15) is 15.0 Å². The summed E-state index contributed by atoms with van der Waals surface area (Å²) in [5.74, 6) is -0.535. The van der Waals surface area contributed by atoms with Gasteiger partial charge in [0, 0.05) is 4.47 Å². The molecule has 9 heteroatoms. The third-order valence-corrected chi connectivity index (χ3v) is 5.02. The number of carbonyl (C=O) groups is 2. The van der Waals surface area contributed by atoms with Crippen molar-refractivity contribution in [1.29, 1.82) is 0 Å². The molecule has 2 heterocycles. The Morgan fingerprint density at radius 2 is 1.90 bits per heavy atom. The lowest BCUT2D eigenvalue weighted by Gasteiger charge is -2.28. The SMILES string of the molecule is CCOC(=O)C1=C(c2ccccc2)NC(=O)NC1c1cnn(-c2ccc(Br)cc2)n1. The van der Waals surface area contributed by atoms with Gasteiger partial charge >= 0.3 is 12.0 Å². The fraction of sp³-hybridized carbons (Fsp3) is 0.143. The Hall–Kier alpha value is -3.46. The van der Waals surface area contributed by atoms with Crippen molar-refractivity contribution in [3.05, 3.63) is 82.1 Å². The number of ether oxygens (including phenoxy) is 1. The number of hydrogen-bond acceptors (Lipinski definition) is 5. The number of amides is 2. The van der Waals surface area contributed by atoms with Crippen LogP contribution in [-0.2, 0) is 9.53 Å². The summed E-state index contributed by atoms with van der Waals surface area (Å²) < 4.78 is 6.21. The van der Waals surface area contributed by atoms with Gasteiger partial charge in [0.2, 0.25) is 0 Å². The molecule has 0 aliphatic carbocycles. The maximum atomic E-state index is 12.9. The molecule has 1 aliphatic rings. The fourth-order valence-corrected chi connectivity index (χ4v) is 3.42. The molecule has 0 spiro atoms. The average Bonchev–Trinajstić information content (AvgIpc) is 3.24. The lowest BCUT2D eigenvalue weighted by atomic mass is 9.96. The molecule has 30 heavy (non-hydrogen) atoms. The normalized spacial score (nSPS) is 16.1. The molecule has 0 radical (unpaired) electrons. The number of aromatic nitrogens is 3. The Kier molecular flexibility index (Phi) is 5.62. The molecule has 2 N–H and O–H groups in total. The molecule has 2 amide bonds. The number of benzene rings is 2. The van der Waals surface area contributed by atoms with Gasteiger partial charge in [0.15, 0.2) is 0 Å². The zero-order chi connectivity index (χ0) is 21.1. The first-order chi connectivity index (χ1) is 14.6. The molecule has 1 unspecified atom stereocenters. The maximum Gasteiger partial charge on any atom is 0.338 e. The number of nitrogens with one attached hydrogen (secondary N) is 2. The first-order valence-electron chi connectivity index (χ1n) is 9.29. The maximum absolute atomic E-state index is 12.9. The summed E-state index contributed by atoms with van der Waals surface area (Å²) in [6.07, 6.45) is 1.53. The van der Waals surface area contributed by atoms with E-state index in [1.807, 2.05) is 54.6 Å². The molecule has 152 valence electrons. The van der Waals surface area contributed by atoms with E-state index in [-0.39, 0.29) is 12.2 Å². The lowest BCUT2D eigenvalue weighted by Crippen LogP contribution is -2.45. The van der Waals surface area contributed by atoms with Crippen molar-refractivity contribution < 1.29 is 14.3 Å². The monoisotopic (exact) mass is 467 g/mol. The molecule has 1 aromatic heterocycles. The van der Waals surface area contributed by atoms with Crippen LogP contribution in [0.1, 0.15) is 24.2 Å². The second-order valence-electron chi connectivity index (χ2n) is 6.44. The van der Waals surface area contributed by atoms with Crippen molar-refractivity contribution in [3.8, 4) is 5.69 Å². The lowest BCUT2D eigenvalue weighted by molar-refractivity contribution is -0.138. The third-order valence-electron chi connectivity index (χ3n) is 4.49. The number of rotatable bonds is 5. The Balaban J connectivity index is 1.80. The van der Waals surface area contributed by atoms with Gasteiger partial charge in [-0.15, -0.1) is 0 Å². The summed E-state index contributed by atoms with van der Waals surface area (Å²) in [4.78, 5) is 26.7. The van der Waals surface area contributed by atoms with Gasteiger partial charge in [-0.05, 0) is 36.8 Å². The summed E-state index contributed by atoms with van der Waals surface area (Å²) in [5, 5.41) is 14.3. The standard InChI is InChI=1S/C21H18BrN5O3/c1-2-30-20(28)17-18(13-6-4-3-5-7-13)24-21(29)25-19(17)16-12-23-27(26-16)15-10-8-14(22)9-11-15/h3-12,19H,2H2,1H3,(H2,24,25,29). The minimum Gasteiger partial charge on any atom is -0.463 e. The third kappa shape index (κ3) is 3.97. The van der Waals surface area contributed by atoms with Crippen LogP contribution in [-0.4, -0.2) is 33.6 Å². The number of nitrogens with zero attached hydrogens (tertiary/aromatic N) is 3. The first-order valence-corrected chi connectivity index (χ1v) is 10.1. The zero-order valence-electron chi connectivity index (χ0n) is 16.0. The molecule has 0 fully saturated rings. The number of esters is 1. The Labute approximate surface area is 181 Å². The smallest absolute Gasteiger partial charge is 0.338 e. The highest BCUT2D eigenvalue weighted by Crippen LogP contribution is 2.31. The van der Waals surface area contributed by atoms with Crippen molar-refractivity contribution in [2.45, 2.75) is 13.0 Å². The van der Waals surface area contributed by atoms with E-state index in [2.05, 4.69) is 36.8 Å². The molecular formula is C21H18BrN5O3. The zero-order valence-corrected chi connectivity index (χ0v) is 17.6. The van der Waals surface area contributed by atoms with Gasteiger partial charge in [-0.1, -0.05) is 46.3 Å². The second kappa shape index (κ2) is 8.50. The van der Waals surface area contributed by atoms with Gasteiger partial charge in [0.25, 0.3) is 0 Å². The largest absolute Gasteiger partial charge is 0.463 e. The van der Waals surface area contributed by atoms with E-state index in [1.54, 1.807) is 6.92 Å². The van der Waals surface area contributed by atoms with E-state index in [9.17, 15) is 9.59 Å². The minimum atomic E-state index is -0.808. The highest BCUT2D eigenvalue weighted by molar-refractivity contribution is 9.10. The number of urea groups is 1. The van der Waals surface area contributed by atoms with E-state index in [0.29, 0.717) is 17.0 Å². The number of halogens is 1. The van der Waals surface area contributed by atoms with Crippen LogP contribution in [0.3, 0.4) is 0 Å². The van der Waals surface area contributed by atoms with E-state index in [4.69, 9.17) is 4.74 Å². The number of carbonyl (C=O) groups excluding carboxylic acids is 2. The van der Waals surface area contributed by atoms with Crippen LogP contribution in [0.25, 0.3) is 11.4 Å². The highest BCUT2D eigenvalue weighted by atomic mass is 79.9. The molecule has 0 bridgehead atoms. The summed E-state index contributed by atoms with van der Waals surface area (Å²) in [7, 11) is 0. The second-order valence-corrected chi connectivity index (χ2v) is 7.36. The highest BCUT2D eigenvalue weighted by Gasteiger charge is 2.36. The summed E-state index contributed by atoms with van der Waals surface area (Å²) in [6.45, 7) is 1.94. The topological polar surface area (TPSA) is 98.1 Å². The van der Waals surface area contributed by atoms with Crippen molar-refractivity contribution in [1.82, 2.24) is 25.6 Å². The molecule has 1 aliphatic heterocycles. The van der Waals surface area contributed by atoms with Gasteiger partial charge < -0.3 is 15.4 Å². The Morgan fingerprint density at radius 3 is 2.60 bits per heavy atom. The van der Waals surface area contributed by atoms with Gasteiger partial charge in [0.05, 0.1) is 29.8 Å². The minimum absolute atomic E-state index is 0.205. The van der Waals surface area contributed by atoms with Crippen molar-refractivity contribution in [2.24, 2.45) is 0 Å². The Morgan fingerprint density at radius 1 is 1.17 bits per heavy atom. The van der Waals surface area contributed by atoms with Crippen molar-refractivity contribution in [2.75, 3.05) is 6.61 Å². The van der Waals surface area contributed by atoms with Gasteiger partial charge in [-0.25, -0.2) is 9.59 Å². The molecule has 1 atom stereocenters. The van der Waals surface area contributed by atoms with Gasteiger partial charge in [-0.3, -0.25) is 0 Å². The predicted molar refractivity (Wildman–Crippen MR) is 113 cm³/mol. The van der Waals surface area contributed by atoms with Crippen LogP contribution in [0, 0.1) is 0 Å². The molecule has 8 nitrogen and oxygen atoms in total. The molecule has 4 rings (SSSR count). The van der Waals surface area contributed by atoms with Crippen LogP contribution >= 0.6 is 15.9 Å². The van der Waals surface area contributed by atoms with Crippen LogP contribution < -0.4 is 10.6 Å². The summed E-state index contributed by atoms with van der Waals surface area (Å²) in [5.41, 5.74) is 2.52. The van der Waals surface area contributed by atoms with Gasteiger partial charge in [0.1, 0.15) is 11.7 Å². The van der Waals surface area contributed by atoms with Crippen LogP contribution in [0.15, 0.2) is 70.8 Å². The quantitative estimate of drug-likeness (QED) is 0.560. The van der Waals surface area contributed by atoms with Crippen LogP contribution in [0.4, 0.5) is 4.79 Å². The molecule has 0 saturated carbocycles. The number of hydrogen-bond donors (Lipinski definition) is 2. The molecular weight excluding hydrogens is 450 g/mol. The molecule has 3 aromatic rings. The first kappa shape index (κ1) is 19.8. The van der Waals surface area contributed by atoms with Crippen molar-refractivity contribution in [3.63, 3.8) is 0 Å². The van der Waals surface area contributed by atoms with Crippen LogP contribution in [0.2, 0.25) is 0 Å². The van der Waals surface area contributed by atoms with E-state index >= 15 is 0 Å². The van der Waals surface area contributed by atoms with E-state index in [1.165, 1.54) is 11.0 Å². The Bertz CT molecular complexity index is 1110. The van der Waals surface area contributed by atoms with Crippen molar-refractivity contribution >= 4 is 33.6 Å². The molecule has 2 aromatic carbocycles. The predicted octanol–water partition coefficient (Wildman–Crippen LogP) is 3.36. The van der Waals surface area contributed by atoms with Crippen LogP contribution in [0.5, 0.6) is 0 Å². The summed E-state index contributed by atoms with van der Waals surface area (Å²) in [6, 6.07) is 15.4.